The molecular formula is C23H27N3O3S3. The molecule has 170 valence electrons. The molecule has 6 nitrogen and oxygen atoms in total. The number of carbonyl (C=O) groups excluding carboxylic acids is 1. The Kier molecular flexibility index (Phi) is 8.47. The summed E-state index contributed by atoms with van der Waals surface area (Å²) in [4.78, 5) is 17.0. The molecule has 3 rings (SSSR count). The first-order valence-electron chi connectivity index (χ1n) is 10.2. The lowest BCUT2D eigenvalue weighted by Crippen LogP contribution is -2.31. The Hall–Kier alpha value is -2.20. The number of hydrogen-bond donors (Lipinski definition) is 2. The molecule has 0 saturated carbocycles. The number of aryl methyl sites for hydroxylation is 1. The summed E-state index contributed by atoms with van der Waals surface area (Å²) in [5.41, 5.74) is 4.16. The third kappa shape index (κ3) is 7.44. The number of aromatic nitrogens is 1. The molecule has 0 unspecified atom stereocenters. The van der Waals surface area contributed by atoms with Gasteiger partial charge in [-0.1, -0.05) is 48.2 Å². The highest BCUT2D eigenvalue weighted by Crippen LogP contribution is 2.26. The zero-order chi connectivity index (χ0) is 23.1. The molecule has 1 amide bonds. The van der Waals surface area contributed by atoms with Crippen LogP contribution in [-0.4, -0.2) is 25.4 Å². The van der Waals surface area contributed by atoms with E-state index in [0.29, 0.717) is 11.1 Å². The molecule has 0 aliphatic carbocycles. The fourth-order valence-electron chi connectivity index (χ4n) is 3.05. The van der Waals surface area contributed by atoms with Crippen molar-refractivity contribution in [2.75, 3.05) is 0 Å². The van der Waals surface area contributed by atoms with E-state index in [0.717, 1.165) is 26.9 Å². The van der Waals surface area contributed by atoms with Crippen LogP contribution in [0.3, 0.4) is 0 Å². The van der Waals surface area contributed by atoms with Crippen LogP contribution in [-0.2, 0) is 28.1 Å². The standard InChI is InChI=1S/C23H27N3O3S3/c1-16(2)26-32(28,29)15-21-7-5-4-6-20(21)12-24-22(27)19-10-8-18(9-11-19)14-31-23-25-17(3)13-30-23/h4-11,13,16,26H,12,14-15H2,1-3H3,(H,24,27). The molecule has 0 aliphatic heterocycles. The molecule has 0 atom stereocenters. The molecule has 1 heterocycles. The highest BCUT2D eigenvalue weighted by molar-refractivity contribution is 8.00. The van der Waals surface area contributed by atoms with E-state index in [4.69, 9.17) is 0 Å². The lowest BCUT2D eigenvalue weighted by atomic mass is 10.1. The largest absolute Gasteiger partial charge is 0.348 e. The lowest BCUT2D eigenvalue weighted by Gasteiger charge is -2.13. The Morgan fingerprint density at radius 2 is 1.78 bits per heavy atom. The van der Waals surface area contributed by atoms with Crippen LogP contribution in [0.5, 0.6) is 0 Å². The van der Waals surface area contributed by atoms with Crippen LogP contribution in [0.4, 0.5) is 0 Å². The second-order valence-corrected chi connectivity index (χ2v) is 11.6. The fourth-order valence-corrected chi connectivity index (χ4v) is 6.35. The summed E-state index contributed by atoms with van der Waals surface area (Å²) in [5.74, 6) is 0.473. The number of thioether (sulfide) groups is 1. The van der Waals surface area contributed by atoms with Crippen molar-refractivity contribution in [1.82, 2.24) is 15.0 Å². The molecule has 0 bridgehead atoms. The van der Waals surface area contributed by atoms with Gasteiger partial charge in [-0.15, -0.1) is 11.3 Å². The van der Waals surface area contributed by atoms with E-state index < -0.39 is 10.0 Å². The van der Waals surface area contributed by atoms with E-state index in [9.17, 15) is 13.2 Å². The predicted molar refractivity (Wildman–Crippen MR) is 131 cm³/mol. The lowest BCUT2D eigenvalue weighted by molar-refractivity contribution is 0.0951. The molecule has 9 heteroatoms. The highest BCUT2D eigenvalue weighted by Gasteiger charge is 2.16. The van der Waals surface area contributed by atoms with Crippen LogP contribution >= 0.6 is 23.1 Å². The summed E-state index contributed by atoms with van der Waals surface area (Å²) in [6.07, 6.45) is 0. The van der Waals surface area contributed by atoms with Gasteiger partial charge in [0.2, 0.25) is 10.0 Å². The molecule has 32 heavy (non-hydrogen) atoms. The molecule has 2 N–H and O–H groups in total. The number of hydrogen-bond acceptors (Lipinski definition) is 6. The van der Waals surface area contributed by atoms with Crippen LogP contribution in [0.1, 0.15) is 46.6 Å². The number of nitrogens with zero attached hydrogens (tertiary/aromatic N) is 1. The Bertz CT molecular complexity index is 1160. The number of benzene rings is 2. The molecule has 0 spiro atoms. The first-order chi connectivity index (χ1) is 15.2. The normalized spacial score (nSPS) is 11.6. The topological polar surface area (TPSA) is 88.2 Å². The van der Waals surface area contributed by atoms with Crippen molar-refractivity contribution in [1.29, 1.82) is 0 Å². The minimum Gasteiger partial charge on any atom is -0.348 e. The monoisotopic (exact) mass is 489 g/mol. The molecule has 0 fully saturated rings. The van der Waals surface area contributed by atoms with Crippen molar-refractivity contribution >= 4 is 39.0 Å². The van der Waals surface area contributed by atoms with Crippen LogP contribution in [0.2, 0.25) is 0 Å². The van der Waals surface area contributed by atoms with Gasteiger partial charge in [-0.25, -0.2) is 18.1 Å². The number of thiazole rings is 1. The van der Waals surface area contributed by atoms with Gasteiger partial charge >= 0.3 is 0 Å². The molecule has 3 aromatic rings. The van der Waals surface area contributed by atoms with Gasteiger partial charge in [0.1, 0.15) is 4.34 Å². The molecule has 0 saturated heterocycles. The van der Waals surface area contributed by atoms with Gasteiger partial charge in [0.15, 0.2) is 0 Å². The molecule has 1 aromatic heterocycles. The fraction of sp³-hybridized carbons (Fsp3) is 0.304. The number of nitrogens with one attached hydrogen (secondary N) is 2. The number of sulfonamides is 1. The summed E-state index contributed by atoms with van der Waals surface area (Å²) in [6, 6.07) is 14.6. The predicted octanol–water partition coefficient (Wildman–Crippen LogP) is 4.50. The van der Waals surface area contributed by atoms with Crippen molar-refractivity contribution in [3.63, 3.8) is 0 Å². The molecule has 0 radical (unpaired) electrons. The Balaban J connectivity index is 1.57. The van der Waals surface area contributed by atoms with E-state index in [1.165, 1.54) is 0 Å². The maximum Gasteiger partial charge on any atom is 0.251 e. The summed E-state index contributed by atoms with van der Waals surface area (Å²) in [7, 11) is -3.44. The molecule has 2 aromatic carbocycles. The maximum atomic E-state index is 12.6. The van der Waals surface area contributed by atoms with Crippen molar-refractivity contribution in [3.05, 3.63) is 81.9 Å². The van der Waals surface area contributed by atoms with Gasteiger partial charge < -0.3 is 5.32 Å². The molecular weight excluding hydrogens is 462 g/mol. The van der Waals surface area contributed by atoms with Gasteiger partial charge in [0.05, 0.1) is 5.75 Å². The third-order valence-corrected chi connectivity index (χ3v) is 8.23. The van der Waals surface area contributed by atoms with E-state index in [2.05, 4.69) is 15.0 Å². The quantitative estimate of drug-likeness (QED) is 0.409. The van der Waals surface area contributed by atoms with Crippen molar-refractivity contribution in [2.45, 2.75) is 49.2 Å². The Labute approximate surface area is 197 Å². The number of amides is 1. The smallest absolute Gasteiger partial charge is 0.251 e. The Morgan fingerprint density at radius 1 is 1.09 bits per heavy atom. The van der Waals surface area contributed by atoms with Crippen molar-refractivity contribution in [3.8, 4) is 0 Å². The number of rotatable bonds is 10. The van der Waals surface area contributed by atoms with E-state index in [-0.39, 0.29) is 24.2 Å². The maximum absolute atomic E-state index is 12.6. The van der Waals surface area contributed by atoms with Crippen LogP contribution in [0, 0.1) is 6.92 Å². The van der Waals surface area contributed by atoms with E-state index in [1.807, 2.05) is 36.6 Å². The summed E-state index contributed by atoms with van der Waals surface area (Å²) >= 11 is 3.31. The van der Waals surface area contributed by atoms with Gasteiger partial charge in [0, 0.05) is 35.0 Å². The van der Waals surface area contributed by atoms with Gasteiger partial charge in [-0.05, 0) is 49.6 Å². The second kappa shape index (κ2) is 11.1. The third-order valence-electron chi connectivity index (χ3n) is 4.49. The van der Waals surface area contributed by atoms with E-state index >= 15 is 0 Å². The Morgan fingerprint density at radius 3 is 2.41 bits per heavy atom. The first-order valence-corrected chi connectivity index (χ1v) is 13.7. The minimum absolute atomic E-state index is 0.123. The van der Waals surface area contributed by atoms with Crippen LogP contribution in [0.25, 0.3) is 0 Å². The minimum atomic E-state index is -3.44. The van der Waals surface area contributed by atoms with Gasteiger partial charge in [-0.3, -0.25) is 4.79 Å². The number of carbonyl (C=O) groups is 1. The summed E-state index contributed by atoms with van der Waals surface area (Å²) in [6.45, 7) is 5.81. The highest BCUT2D eigenvalue weighted by atomic mass is 32.2. The van der Waals surface area contributed by atoms with Crippen molar-refractivity contribution < 1.29 is 13.2 Å². The zero-order valence-electron chi connectivity index (χ0n) is 18.3. The average molecular weight is 490 g/mol. The first kappa shape index (κ1) is 24.4. The summed E-state index contributed by atoms with van der Waals surface area (Å²) < 4.78 is 28.2. The van der Waals surface area contributed by atoms with Crippen molar-refractivity contribution in [2.24, 2.45) is 0 Å². The van der Waals surface area contributed by atoms with E-state index in [1.54, 1.807) is 61.2 Å². The zero-order valence-corrected chi connectivity index (χ0v) is 20.7. The van der Waals surface area contributed by atoms with Crippen LogP contribution < -0.4 is 10.0 Å². The van der Waals surface area contributed by atoms with Gasteiger partial charge in [0.25, 0.3) is 5.91 Å². The SMILES string of the molecule is Cc1csc(SCc2ccc(C(=O)NCc3ccccc3CS(=O)(=O)NC(C)C)cc2)n1. The van der Waals surface area contributed by atoms with Gasteiger partial charge in [-0.2, -0.15) is 0 Å². The molecule has 0 aliphatic rings. The summed E-state index contributed by atoms with van der Waals surface area (Å²) in [5, 5.41) is 4.93. The van der Waals surface area contributed by atoms with Crippen LogP contribution in [0.15, 0.2) is 58.3 Å². The second-order valence-electron chi connectivity index (χ2n) is 7.72. The average Bonchev–Trinajstić information content (AvgIpc) is 3.15.